The molecule has 0 aromatic rings. The number of nitrogens with one attached hydrogen (secondary N) is 1. The van der Waals surface area contributed by atoms with E-state index in [4.69, 9.17) is 0 Å². The molecule has 2 heterocycles. The third-order valence-corrected chi connectivity index (χ3v) is 4.47. The van der Waals surface area contributed by atoms with Crippen LogP contribution in [0.5, 0.6) is 0 Å². The Bertz CT molecular complexity index is 209. The third-order valence-electron chi connectivity index (χ3n) is 4.47. The van der Waals surface area contributed by atoms with Crippen LogP contribution in [-0.4, -0.2) is 37.6 Å². The van der Waals surface area contributed by atoms with Gasteiger partial charge in [0.2, 0.25) is 0 Å². The van der Waals surface area contributed by atoms with Crippen LogP contribution in [0.3, 0.4) is 0 Å². The highest BCUT2D eigenvalue weighted by Gasteiger charge is 2.30. The van der Waals surface area contributed by atoms with Crippen LogP contribution >= 0.6 is 0 Å². The zero-order valence-electron chi connectivity index (χ0n) is 11.1. The molecule has 2 nitrogen and oxygen atoms in total. The molecule has 2 unspecified atom stereocenters. The molecule has 2 rings (SSSR count). The fraction of sp³-hybridized carbons (Fsp3) is 1.00. The second kappa shape index (κ2) is 5.50. The van der Waals surface area contributed by atoms with Crippen LogP contribution in [0.4, 0.5) is 0 Å². The van der Waals surface area contributed by atoms with E-state index in [1.807, 2.05) is 0 Å². The molecule has 2 aliphatic rings. The summed E-state index contributed by atoms with van der Waals surface area (Å²) in [6.07, 6.45) is 7.02. The van der Waals surface area contributed by atoms with Crippen molar-refractivity contribution in [2.45, 2.75) is 46.0 Å². The predicted molar refractivity (Wildman–Crippen MR) is 69.7 cm³/mol. The van der Waals surface area contributed by atoms with Gasteiger partial charge in [-0.2, -0.15) is 0 Å². The van der Waals surface area contributed by atoms with Crippen molar-refractivity contribution in [1.82, 2.24) is 10.2 Å². The van der Waals surface area contributed by atoms with E-state index < -0.39 is 0 Å². The van der Waals surface area contributed by atoms with Crippen LogP contribution in [0.1, 0.15) is 46.0 Å². The second-order valence-electron chi connectivity index (χ2n) is 6.24. The van der Waals surface area contributed by atoms with Crippen LogP contribution in [-0.2, 0) is 0 Å². The Morgan fingerprint density at radius 1 is 1.38 bits per heavy atom. The van der Waals surface area contributed by atoms with E-state index in [2.05, 4.69) is 24.1 Å². The second-order valence-corrected chi connectivity index (χ2v) is 6.24. The molecule has 0 spiro atoms. The molecule has 0 saturated carbocycles. The summed E-state index contributed by atoms with van der Waals surface area (Å²) < 4.78 is 0. The first-order valence-corrected chi connectivity index (χ1v) is 7.15. The van der Waals surface area contributed by atoms with E-state index in [1.165, 1.54) is 64.8 Å². The molecule has 2 aliphatic heterocycles. The Morgan fingerprint density at radius 2 is 2.25 bits per heavy atom. The number of hydrogen-bond acceptors (Lipinski definition) is 2. The van der Waals surface area contributed by atoms with E-state index in [9.17, 15) is 0 Å². The summed E-state index contributed by atoms with van der Waals surface area (Å²) in [5.41, 5.74) is 0.536. The van der Waals surface area contributed by atoms with Crippen molar-refractivity contribution in [3.63, 3.8) is 0 Å². The summed E-state index contributed by atoms with van der Waals surface area (Å²) in [5.74, 6) is 0.967. The number of piperidine rings is 2. The number of rotatable bonds is 3. The van der Waals surface area contributed by atoms with Gasteiger partial charge in [0.1, 0.15) is 0 Å². The van der Waals surface area contributed by atoms with Crippen LogP contribution < -0.4 is 5.32 Å². The van der Waals surface area contributed by atoms with Gasteiger partial charge in [-0.25, -0.2) is 0 Å². The number of nitrogens with zero attached hydrogens (tertiary/aromatic N) is 1. The molecule has 0 aromatic carbocycles. The maximum Gasteiger partial charge on any atom is 0.00476 e. The van der Waals surface area contributed by atoms with Crippen molar-refractivity contribution in [2.24, 2.45) is 11.3 Å². The van der Waals surface area contributed by atoms with Crippen LogP contribution in [0.2, 0.25) is 0 Å². The zero-order valence-corrected chi connectivity index (χ0v) is 11.1. The first-order chi connectivity index (χ1) is 7.72. The summed E-state index contributed by atoms with van der Waals surface area (Å²) in [7, 11) is 0. The lowest BCUT2D eigenvalue weighted by molar-refractivity contribution is 0.0930. The van der Waals surface area contributed by atoms with E-state index in [-0.39, 0.29) is 0 Å². The minimum absolute atomic E-state index is 0.536. The highest BCUT2D eigenvalue weighted by atomic mass is 15.1. The Kier molecular flexibility index (Phi) is 4.26. The molecule has 2 fully saturated rings. The summed E-state index contributed by atoms with van der Waals surface area (Å²) >= 11 is 0. The summed E-state index contributed by atoms with van der Waals surface area (Å²) in [6.45, 7) is 11.3. The average Bonchev–Trinajstić information content (AvgIpc) is 2.29. The van der Waals surface area contributed by atoms with Crippen molar-refractivity contribution in [2.75, 3.05) is 32.7 Å². The molecule has 16 heavy (non-hydrogen) atoms. The summed E-state index contributed by atoms with van der Waals surface area (Å²) in [6, 6.07) is 0. The molecule has 94 valence electrons. The molecule has 2 heteroatoms. The van der Waals surface area contributed by atoms with Gasteiger partial charge < -0.3 is 10.2 Å². The van der Waals surface area contributed by atoms with Crippen molar-refractivity contribution < 1.29 is 0 Å². The Balaban J connectivity index is 1.83. The fourth-order valence-corrected chi connectivity index (χ4v) is 3.42. The molecule has 0 amide bonds. The summed E-state index contributed by atoms with van der Waals surface area (Å²) in [5, 5.41) is 3.56. The monoisotopic (exact) mass is 224 g/mol. The first-order valence-electron chi connectivity index (χ1n) is 7.15. The van der Waals surface area contributed by atoms with Gasteiger partial charge in [-0.15, -0.1) is 0 Å². The van der Waals surface area contributed by atoms with Gasteiger partial charge in [0, 0.05) is 19.6 Å². The fourth-order valence-electron chi connectivity index (χ4n) is 3.42. The van der Waals surface area contributed by atoms with Crippen molar-refractivity contribution in [3.05, 3.63) is 0 Å². The highest BCUT2D eigenvalue weighted by molar-refractivity contribution is 4.86. The average molecular weight is 224 g/mol. The van der Waals surface area contributed by atoms with Gasteiger partial charge in [-0.1, -0.05) is 20.3 Å². The van der Waals surface area contributed by atoms with Crippen molar-refractivity contribution in [1.29, 1.82) is 0 Å². The molecule has 0 bridgehead atoms. The van der Waals surface area contributed by atoms with Crippen LogP contribution in [0.25, 0.3) is 0 Å². The van der Waals surface area contributed by atoms with Gasteiger partial charge in [0.05, 0.1) is 0 Å². The lowest BCUT2D eigenvalue weighted by Crippen LogP contribution is -2.48. The maximum atomic E-state index is 3.56. The van der Waals surface area contributed by atoms with E-state index >= 15 is 0 Å². The van der Waals surface area contributed by atoms with Gasteiger partial charge in [-0.3, -0.25) is 0 Å². The van der Waals surface area contributed by atoms with E-state index in [0.717, 1.165) is 5.92 Å². The standard InChI is InChI=1S/C14H28N2/c1-3-13-6-4-9-16(10-13)12-14(2)7-5-8-15-11-14/h13,15H,3-12H2,1-2H3. The molecule has 0 aliphatic carbocycles. The Hall–Kier alpha value is -0.0800. The van der Waals surface area contributed by atoms with Gasteiger partial charge >= 0.3 is 0 Å². The highest BCUT2D eigenvalue weighted by Crippen LogP contribution is 2.29. The molecule has 0 aromatic heterocycles. The van der Waals surface area contributed by atoms with Crippen molar-refractivity contribution in [3.8, 4) is 0 Å². The quantitative estimate of drug-likeness (QED) is 0.792. The Morgan fingerprint density at radius 3 is 2.94 bits per heavy atom. The topological polar surface area (TPSA) is 15.3 Å². The Labute approximate surface area is 101 Å². The molecule has 0 radical (unpaired) electrons. The molecular formula is C14H28N2. The number of likely N-dealkylation sites (tertiary alicyclic amines) is 1. The van der Waals surface area contributed by atoms with Gasteiger partial charge in [-0.05, 0) is 50.1 Å². The first kappa shape index (κ1) is 12.4. The summed E-state index contributed by atoms with van der Waals surface area (Å²) in [4.78, 5) is 2.73. The smallest absolute Gasteiger partial charge is 0.00476 e. The predicted octanol–water partition coefficient (Wildman–Crippen LogP) is 2.50. The normalized spacial score (nSPS) is 37.5. The molecular weight excluding hydrogens is 196 g/mol. The lowest BCUT2D eigenvalue weighted by Gasteiger charge is -2.41. The number of hydrogen-bond donors (Lipinski definition) is 1. The van der Waals surface area contributed by atoms with E-state index in [0.29, 0.717) is 5.41 Å². The molecule has 2 saturated heterocycles. The third kappa shape index (κ3) is 3.21. The maximum absolute atomic E-state index is 3.56. The van der Waals surface area contributed by atoms with Gasteiger partial charge in [0.25, 0.3) is 0 Å². The van der Waals surface area contributed by atoms with Crippen LogP contribution in [0, 0.1) is 11.3 Å². The lowest BCUT2D eigenvalue weighted by atomic mass is 9.81. The minimum atomic E-state index is 0.536. The van der Waals surface area contributed by atoms with Crippen LogP contribution in [0.15, 0.2) is 0 Å². The van der Waals surface area contributed by atoms with Crippen molar-refractivity contribution >= 4 is 0 Å². The minimum Gasteiger partial charge on any atom is -0.316 e. The largest absolute Gasteiger partial charge is 0.316 e. The SMILES string of the molecule is CCC1CCCN(CC2(C)CCCNC2)C1. The molecule has 1 N–H and O–H groups in total. The molecule has 2 atom stereocenters. The van der Waals surface area contributed by atoms with E-state index in [1.54, 1.807) is 0 Å². The van der Waals surface area contributed by atoms with Gasteiger partial charge in [0.15, 0.2) is 0 Å². The zero-order chi connectivity index (χ0) is 11.4.